The molecule has 1 aliphatic heterocycles. The van der Waals surface area contributed by atoms with Gasteiger partial charge in [-0.25, -0.2) is 0 Å². The maximum Gasteiger partial charge on any atom is 0.494 e. The van der Waals surface area contributed by atoms with Crippen LogP contribution in [0.2, 0.25) is 0 Å². The van der Waals surface area contributed by atoms with E-state index in [2.05, 4.69) is 180 Å². The van der Waals surface area contributed by atoms with Gasteiger partial charge < -0.3 is 9.31 Å². The van der Waals surface area contributed by atoms with Gasteiger partial charge in [0.1, 0.15) is 0 Å². The van der Waals surface area contributed by atoms with Gasteiger partial charge in [-0.3, -0.25) is 0 Å². The zero-order valence-electron chi connectivity index (χ0n) is 43.0. The Bertz CT molecular complexity index is 2800. The van der Waals surface area contributed by atoms with E-state index in [0.717, 1.165) is 5.46 Å². The van der Waals surface area contributed by atoms with Gasteiger partial charge in [-0.2, -0.15) is 0 Å². The first-order valence-electron chi connectivity index (χ1n) is 27.7. The van der Waals surface area contributed by atoms with Crippen molar-refractivity contribution in [2.75, 3.05) is 0 Å². The molecular weight excluding hydrogens is 848 g/mol. The molecule has 0 spiro atoms. The fraction of sp³-hybridized carbons (Fsp3) is 0.463. The number of rotatable bonds is 9. The molecule has 70 heavy (non-hydrogen) atoms. The highest BCUT2D eigenvalue weighted by Gasteiger charge is 2.54. The minimum Gasteiger partial charge on any atom is -0.399 e. The molecule has 0 atom stereocenters. The van der Waals surface area contributed by atoms with Crippen molar-refractivity contribution in [1.29, 1.82) is 0 Å². The van der Waals surface area contributed by atoms with E-state index in [1.54, 1.807) is 22.3 Å². The molecule has 6 aromatic rings. The largest absolute Gasteiger partial charge is 0.494 e. The maximum atomic E-state index is 6.36. The van der Waals surface area contributed by atoms with Crippen LogP contribution in [0.25, 0.3) is 33.4 Å². The van der Waals surface area contributed by atoms with Crippen LogP contribution in [0.5, 0.6) is 0 Å². The van der Waals surface area contributed by atoms with E-state index in [4.69, 9.17) is 9.31 Å². The monoisotopic (exact) mass is 923 g/mol. The Labute approximate surface area is 420 Å². The van der Waals surface area contributed by atoms with Crippen molar-refractivity contribution in [2.24, 2.45) is 5.41 Å². The summed E-state index contributed by atoms with van der Waals surface area (Å²) in [4.78, 5) is 0. The molecule has 9 saturated carbocycles. The van der Waals surface area contributed by atoms with Gasteiger partial charge in [-0.05, 0) is 242 Å². The molecule has 0 N–H and O–H groups in total. The zero-order chi connectivity index (χ0) is 47.6. The molecule has 2 nitrogen and oxygen atoms in total. The van der Waals surface area contributed by atoms with Crippen molar-refractivity contribution in [1.82, 2.24) is 0 Å². The predicted molar refractivity (Wildman–Crippen MR) is 291 cm³/mol. The Kier molecular flexibility index (Phi) is 10.4. The van der Waals surface area contributed by atoms with Crippen LogP contribution < -0.4 is 5.46 Å². The third kappa shape index (κ3) is 7.31. The van der Waals surface area contributed by atoms with E-state index in [1.165, 1.54) is 155 Å². The van der Waals surface area contributed by atoms with Crippen LogP contribution in [0.1, 0.15) is 178 Å². The van der Waals surface area contributed by atoms with Crippen molar-refractivity contribution >= 4 is 12.6 Å². The second kappa shape index (κ2) is 16.2. The molecule has 16 rings (SSSR count). The summed E-state index contributed by atoms with van der Waals surface area (Å²) in [6.45, 7) is 11.0. The van der Waals surface area contributed by atoms with Gasteiger partial charge in [-0.15, -0.1) is 0 Å². The number of benzene rings is 6. The summed E-state index contributed by atoms with van der Waals surface area (Å²) >= 11 is 0. The molecule has 1 heterocycles. The van der Waals surface area contributed by atoms with Crippen molar-refractivity contribution in [3.63, 3.8) is 0 Å². The van der Waals surface area contributed by atoms with Gasteiger partial charge >= 0.3 is 7.12 Å². The maximum absolute atomic E-state index is 6.36. The summed E-state index contributed by atoms with van der Waals surface area (Å²) < 4.78 is 12.7. The SMILES string of the molecule is CC12CCC(c3ccc(-c4ccc(-c5ccc(C67CCC(c8ccc(-c9ccc(C%10%11CCC(c%12ccc(B%13OC(C)(C)C(C)(C)O%13)cc%12)(CC%10)CC%11)cc9)cc8)(CC6)CC7)cc5)cc4)cc3)(CC1)CC2. The topological polar surface area (TPSA) is 18.5 Å². The lowest BCUT2D eigenvalue weighted by Crippen LogP contribution is -2.46. The third-order valence-electron chi connectivity index (χ3n) is 22.0. The molecule has 1 saturated heterocycles. The first-order chi connectivity index (χ1) is 33.7. The molecule has 3 heteroatoms. The summed E-state index contributed by atoms with van der Waals surface area (Å²) in [5.74, 6) is 0. The van der Waals surface area contributed by atoms with Gasteiger partial charge in [0.25, 0.3) is 0 Å². The lowest BCUT2D eigenvalue weighted by atomic mass is 9.50. The quantitative estimate of drug-likeness (QED) is 0.135. The molecule has 0 unspecified atom stereocenters. The van der Waals surface area contributed by atoms with Crippen LogP contribution in [-0.2, 0) is 36.4 Å². The molecular formula is C67H75BO2. The van der Waals surface area contributed by atoms with Gasteiger partial charge in [0.05, 0.1) is 11.2 Å². The Morgan fingerprint density at radius 1 is 0.257 bits per heavy atom. The molecule has 0 amide bonds. The van der Waals surface area contributed by atoms with Crippen molar-refractivity contribution in [2.45, 2.75) is 188 Å². The normalized spacial score (nSPS) is 32.6. The summed E-state index contributed by atoms with van der Waals surface area (Å²) in [7, 11) is -0.298. The molecule has 10 fully saturated rings. The molecule has 6 aromatic carbocycles. The highest BCUT2D eigenvalue weighted by atomic mass is 16.7. The smallest absolute Gasteiger partial charge is 0.399 e. The average molecular weight is 923 g/mol. The Hall–Kier alpha value is -4.70. The van der Waals surface area contributed by atoms with Crippen LogP contribution in [0.15, 0.2) is 146 Å². The molecule has 9 aliphatic carbocycles. The number of hydrogen-bond acceptors (Lipinski definition) is 2. The molecule has 358 valence electrons. The summed E-state index contributed by atoms with van der Waals surface area (Å²) in [5, 5.41) is 0. The third-order valence-corrected chi connectivity index (χ3v) is 22.0. The molecule has 10 aliphatic rings. The second-order valence-electron chi connectivity index (χ2n) is 25.8. The van der Waals surface area contributed by atoms with E-state index in [-0.39, 0.29) is 18.3 Å². The Balaban J connectivity index is 0.617. The van der Waals surface area contributed by atoms with Crippen molar-refractivity contribution in [3.05, 3.63) is 173 Å². The standard InChI is InChI=1S/C67H75BO2/c1-60(2)61(3,4)70-68(69-60)59-28-26-58(27-29-59)67-45-42-66(43-46-67,44-47-67)57-24-16-53(17-25-57)52-14-22-56(23-15-52)65-39-36-64(37-40-65,38-41-65)55-20-12-51(13-21-55)49-8-6-48(7-9-49)50-10-18-54(19-11-50)63-33-30-62(5,31-34-63)32-35-63/h6-29H,30-47H2,1-5H3. The Morgan fingerprint density at radius 3 is 0.671 bits per heavy atom. The van der Waals surface area contributed by atoms with Crippen molar-refractivity contribution < 1.29 is 9.31 Å². The highest BCUT2D eigenvalue weighted by molar-refractivity contribution is 6.62. The van der Waals surface area contributed by atoms with Gasteiger partial charge in [-0.1, -0.05) is 153 Å². The summed E-state index contributed by atoms with van der Waals surface area (Å²) in [6, 6.07) is 57.6. The van der Waals surface area contributed by atoms with E-state index in [9.17, 15) is 0 Å². The van der Waals surface area contributed by atoms with Crippen molar-refractivity contribution in [3.8, 4) is 33.4 Å². The zero-order valence-corrected chi connectivity index (χ0v) is 43.0. The fourth-order valence-corrected chi connectivity index (χ4v) is 15.8. The van der Waals surface area contributed by atoms with Crippen LogP contribution in [-0.4, -0.2) is 18.3 Å². The van der Waals surface area contributed by atoms with E-state index in [1.807, 2.05) is 0 Å². The number of fused-ring (bicyclic) bond motifs is 9. The van der Waals surface area contributed by atoms with Gasteiger partial charge in [0.2, 0.25) is 0 Å². The highest BCUT2D eigenvalue weighted by Crippen LogP contribution is 2.61. The second-order valence-corrected chi connectivity index (χ2v) is 25.8. The fourth-order valence-electron chi connectivity index (χ4n) is 15.8. The van der Waals surface area contributed by atoms with Crippen LogP contribution in [0.3, 0.4) is 0 Å². The first kappa shape index (κ1) is 45.2. The van der Waals surface area contributed by atoms with Crippen LogP contribution >= 0.6 is 0 Å². The van der Waals surface area contributed by atoms with Gasteiger partial charge in [0.15, 0.2) is 0 Å². The number of hydrogen-bond donors (Lipinski definition) is 0. The predicted octanol–water partition coefficient (Wildman–Crippen LogP) is 16.7. The summed E-state index contributed by atoms with van der Waals surface area (Å²) in [6.07, 6.45) is 23.7. The van der Waals surface area contributed by atoms with E-state index >= 15 is 0 Å². The molecule has 0 aromatic heterocycles. The Morgan fingerprint density at radius 2 is 0.443 bits per heavy atom. The average Bonchev–Trinajstić information content (AvgIpc) is 3.65. The first-order valence-corrected chi connectivity index (χ1v) is 27.7. The molecule has 0 radical (unpaired) electrons. The lowest BCUT2D eigenvalue weighted by Gasteiger charge is -2.54. The minimum absolute atomic E-state index is 0.298. The van der Waals surface area contributed by atoms with E-state index in [0.29, 0.717) is 32.5 Å². The lowest BCUT2D eigenvalue weighted by molar-refractivity contribution is 0.00578. The van der Waals surface area contributed by atoms with Crippen LogP contribution in [0.4, 0.5) is 0 Å². The summed E-state index contributed by atoms with van der Waals surface area (Å²) in [5.41, 5.74) is 18.6. The minimum atomic E-state index is -0.319. The molecule has 6 bridgehead atoms. The van der Waals surface area contributed by atoms with Gasteiger partial charge in [0, 0.05) is 0 Å². The van der Waals surface area contributed by atoms with E-state index < -0.39 is 0 Å². The van der Waals surface area contributed by atoms with Crippen LogP contribution in [0, 0.1) is 5.41 Å².